The minimum atomic E-state index is -3.83. The van der Waals surface area contributed by atoms with Crippen LogP contribution in [0.25, 0.3) is 0 Å². The highest BCUT2D eigenvalue weighted by atomic mass is 32.2. The molecule has 0 N–H and O–H groups in total. The van der Waals surface area contributed by atoms with E-state index in [0.29, 0.717) is 0 Å². The average molecular weight is 426 g/mol. The van der Waals surface area contributed by atoms with Gasteiger partial charge in [0.05, 0.1) is 17.0 Å². The lowest BCUT2D eigenvalue weighted by Gasteiger charge is -2.20. The molecule has 0 saturated carbocycles. The standard InChI is InChI=1S/C20H24F2N2O4S/c1-4-24(5-2)29(26,27)15-10-11-17(21)16(14-15)20(25)23(3)12-13-28-19-9-7-6-8-18(19)22/h6-11,14H,4-5,12-13H2,1-3H3. The SMILES string of the molecule is CCN(CC)S(=O)(=O)c1ccc(F)c(C(=O)N(C)CCOc2ccccc2F)c1. The molecule has 0 aliphatic carbocycles. The van der Waals surface area contributed by atoms with Crippen LogP contribution < -0.4 is 4.74 Å². The number of carbonyl (C=O) groups excluding carboxylic acids is 1. The zero-order chi connectivity index (χ0) is 21.6. The molecule has 2 rings (SSSR count). The Kier molecular flexibility index (Phi) is 7.69. The second-order valence-corrected chi connectivity index (χ2v) is 8.17. The van der Waals surface area contributed by atoms with Crippen molar-refractivity contribution < 1.29 is 26.7 Å². The van der Waals surface area contributed by atoms with Crippen molar-refractivity contribution in [2.75, 3.05) is 33.3 Å². The van der Waals surface area contributed by atoms with Crippen LogP contribution in [0.5, 0.6) is 5.75 Å². The number of amides is 1. The number of halogens is 2. The fourth-order valence-corrected chi connectivity index (χ4v) is 4.19. The molecule has 2 aromatic rings. The van der Waals surface area contributed by atoms with Crippen LogP contribution in [0.2, 0.25) is 0 Å². The molecular weight excluding hydrogens is 402 g/mol. The Morgan fingerprint density at radius 1 is 1.03 bits per heavy atom. The van der Waals surface area contributed by atoms with Gasteiger partial charge in [-0.05, 0) is 30.3 Å². The van der Waals surface area contributed by atoms with E-state index in [9.17, 15) is 22.0 Å². The third kappa shape index (κ3) is 5.30. The molecule has 0 aromatic heterocycles. The second-order valence-electron chi connectivity index (χ2n) is 6.24. The van der Waals surface area contributed by atoms with Gasteiger partial charge in [-0.1, -0.05) is 26.0 Å². The Morgan fingerprint density at radius 3 is 2.31 bits per heavy atom. The zero-order valence-corrected chi connectivity index (χ0v) is 17.4. The van der Waals surface area contributed by atoms with Crippen molar-refractivity contribution >= 4 is 15.9 Å². The molecule has 0 saturated heterocycles. The molecule has 0 bridgehead atoms. The Hall–Kier alpha value is -2.52. The number of rotatable bonds is 9. The highest BCUT2D eigenvalue weighted by Crippen LogP contribution is 2.20. The highest BCUT2D eigenvalue weighted by Gasteiger charge is 2.25. The number of sulfonamides is 1. The fraction of sp³-hybridized carbons (Fsp3) is 0.350. The van der Waals surface area contributed by atoms with Crippen molar-refractivity contribution in [2.24, 2.45) is 0 Å². The van der Waals surface area contributed by atoms with Crippen molar-refractivity contribution in [3.63, 3.8) is 0 Å². The summed E-state index contributed by atoms with van der Waals surface area (Å²) in [5.74, 6) is -2.00. The molecule has 0 atom stereocenters. The lowest BCUT2D eigenvalue weighted by atomic mass is 10.2. The van der Waals surface area contributed by atoms with E-state index in [1.165, 1.54) is 34.5 Å². The van der Waals surface area contributed by atoms with Gasteiger partial charge in [0.15, 0.2) is 11.6 Å². The molecule has 0 unspecified atom stereocenters. The molecule has 29 heavy (non-hydrogen) atoms. The van der Waals surface area contributed by atoms with Crippen molar-refractivity contribution in [3.05, 3.63) is 59.7 Å². The molecule has 0 heterocycles. The molecule has 0 aliphatic heterocycles. The maximum absolute atomic E-state index is 14.2. The van der Waals surface area contributed by atoms with E-state index in [1.807, 2.05) is 0 Å². The summed E-state index contributed by atoms with van der Waals surface area (Å²) in [6.45, 7) is 3.95. The first-order valence-electron chi connectivity index (χ1n) is 9.14. The predicted molar refractivity (Wildman–Crippen MR) is 105 cm³/mol. The summed E-state index contributed by atoms with van der Waals surface area (Å²) in [6, 6.07) is 9.00. The van der Waals surface area contributed by atoms with Gasteiger partial charge in [-0.2, -0.15) is 4.31 Å². The molecule has 1 amide bonds. The fourth-order valence-electron chi connectivity index (χ4n) is 2.70. The minimum absolute atomic E-state index is 0.0117. The number of hydrogen-bond acceptors (Lipinski definition) is 4. The lowest BCUT2D eigenvalue weighted by molar-refractivity contribution is 0.0768. The van der Waals surface area contributed by atoms with Gasteiger partial charge in [0.25, 0.3) is 5.91 Å². The quantitative estimate of drug-likeness (QED) is 0.618. The molecule has 158 valence electrons. The average Bonchev–Trinajstić information content (AvgIpc) is 2.69. The van der Waals surface area contributed by atoms with Crippen LogP contribution >= 0.6 is 0 Å². The first-order chi connectivity index (χ1) is 13.7. The minimum Gasteiger partial charge on any atom is -0.489 e. The van der Waals surface area contributed by atoms with E-state index in [2.05, 4.69) is 0 Å². The van der Waals surface area contributed by atoms with E-state index in [4.69, 9.17) is 4.74 Å². The molecule has 0 spiro atoms. The Labute approximate surface area is 169 Å². The van der Waals surface area contributed by atoms with Gasteiger partial charge < -0.3 is 9.64 Å². The van der Waals surface area contributed by atoms with Crippen LogP contribution in [0.4, 0.5) is 8.78 Å². The number of nitrogens with zero attached hydrogens (tertiary/aromatic N) is 2. The molecule has 0 aliphatic rings. The van der Waals surface area contributed by atoms with E-state index in [0.717, 1.165) is 18.2 Å². The largest absolute Gasteiger partial charge is 0.489 e. The summed E-state index contributed by atoms with van der Waals surface area (Å²) in [6.07, 6.45) is 0. The summed E-state index contributed by atoms with van der Waals surface area (Å²) in [5, 5.41) is 0. The van der Waals surface area contributed by atoms with Crippen molar-refractivity contribution in [1.29, 1.82) is 0 Å². The van der Waals surface area contributed by atoms with Crippen LogP contribution in [0.3, 0.4) is 0 Å². The molecule has 0 fully saturated rings. The van der Waals surface area contributed by atoms with E-state index >= 15 is 0 Å². The van der Waals surface area contributed by atoms with Crippen molar-refractivity contribution in [1.82, 2.24) is 9.21 Å². The van der Waals surface area contributed by atoms with Gasteiger partial charge in [-0.3, -0.25) is 4.79 Å². The van der Waals surface area contributed by atoms with Crippen molar-refractivity contribution in [2.45, 2.75) is 18.7 Å². The molecule has 9 heteroatoms. The number of ether oxygens (including phenoxy) is 1. The zero-order valence-electron chi connectivity index (χ0n) is 16.6. The highest BCUT2D eigenvalue weighted by molar-refractivity contribution is 7.89. The summed E-state index contributed by atoms with van der Waals surface area (Å²) in [5.41, 5.74) is -0.355. The van der Waals surface area contributed by atoms with E-state index < -0.39 is 27.6 Å². The van der Waals surface area contributed by atoms with Crippen LogP contribution in [0, 0.1) is 11.6 Å². The summed E-state index contributed by atoms with van der Waals surface area (Å²) in [7, 11) is -2.40. The first-order valence-corrected chi connectivity index (χ1v) is 10.6. The number of likely N-dealkylation sites (N-methyl/N-ethyl adjacent to an activating group) is 1. The number of hydrogen-bond donors (Lipinski definition) is 0. The van der Waals surface area contributed by atoms with Gasteiger partial charge in [-0.15, -0.1) is 0 Å². The van der Waals surface area contributed by atoms with Gasteiger partial charge in [0.1, 0.15) is 12.4 Å². The number of para-hydroxylation sites is 1. The van der Waals surface area contributed by atoms with Gasteiger partial charge >= 0.3 is 0 Å². The Morgan fingerprint density at radius 2 is 1.69 bits per heavy atom. The molecule has 2 aromatic carbocycles. The summed E-state index contributed by atoms with van der Waals surface area (Å²) in [4.78, 5) is 13.6. The Balaban J connectivity index is 2.14. The second kappa shape index (κ2) is 9.80. The predicted octanol–water partition coefficient (Wildman–Crippen LogP) is 3.15. The van der Waals surface area contributed by atoms with Crippen LogP contribution in [-0.2, 0) is 10.0 Å². The molecule has 6 nitrogen and oxygen atoms in total. The van der Waals surface area contributed by atoms with Gasteiger partial charge in [0, 0.05) is 20.1 Å². The van der Waals surface area contributed by atoms with E-state index in [1.54, 1.807) is 19.9 Å². The van der Waals surface area contributed by atoms with Crippen LogP contribution in [0.1, 0.15) is 24.2 Å². The smallest absolute Gasteiger partial charge is 0.256 e. The van der Waals surface area contributed by atoms with E-state index in [-0.39, 0.29) is 42.4 Å². The normalized spacial score (nSPS) is 11.5. The third-order valence-corrected chi connectivity index (χ3v) is 6.42. The van der Waals surface area contributed by atoms with Crippen molar-refractivity contribution in [3.8, 4) is 5.75 Å². The third-order valence-electron chi connectivity index (χ3n) is 4.38. The maximum atomic E-state index is 14.2. The Bertz CT molecular complexity index is 963. The van der Waals surface area contributed by atoms with Gasteiger partial charge in [0.2, 0.25) is 10.0 Å². The molecular formula is C20H24F2N2O4S. The maximum Gasteiger partial charge on any atom is 0.256 e. The van der Waals surface area contributed by atoms with Crippen LogP contribution in [-0.4, -0.2) is 56.8 Å². The summed E-state index contributed by atoms with van der Waals surface area (Å²) >= 11 is 0. The monoisotopic (exact) mass is 426 g/mol. The van der Waals surface area contributed by atoms with Crippen LogP contribution in [0.15, 0.2) is 47.4 Å². The summed E-state index contributed by atoms with van der Waals surface area (Å²) < 4.78 is 59.6. The number of benzene rings is 2. The number of carbonyl (C=O) groups is 1. The van der Waals surface area contributed by atoms with Gasteiger partial charge in [-0.25, -0.2) is 17.2 Å². The topological polar surface area (TPSA) is 66.9 Å². The molecule has 0 radical (unpaired) electrons. The lowest BCUT2D eigenvalue weighted by Crippen LogP contribution is -2.33. The first kappa shape index (κ1) is 22.8.